The highest BCUT2D eigenvalue weighted by Crippen LogP contribution is 2.29. The molecule has 2 aromatic rings. The van der Waals surface area contributed by atoms with Gasteiger partial charge in [-0.15, -0.1) is 0 Å². The Morgan fingerprint density at radius 3 is 2.95 bits per heavy atom. The van der Waals surface area contributed by atoms with E-state index >= 15 is 0 Å². The third-order valence-electron chi connectivity index (χ3n) is 4.41. The third kappa shape index (κ3) is 1.80. The molecule has 0 N–H and O–H groups in total. The molecular weight excluding hydrogens is 285 g/mol. The first kappa shape index (κ1) is 13.2. The SMILES string of the molecule is O=C1C2CCCN2C(=O)N1Cc1ccc(F)c2cccnc12. The molecule has 6 heteroatoms. The van der Waals surface area contributed by atoms with Crippen LogP contribution >= 0.6 is 0 Å². The molecule has 22 heavy (non-hydrogen) atoms. The van der Waals surface area contributed by atoms with Gasteiger partial charge >= 0.3 is 6.03 Å². The highest BCUT2D eigenvalue weighted by Gasteiger charge is 2.47. The van der Waals surface area contributed by atoms with E-state index in [1.54, 1.807) is 29.3 Å². The summed E-state index contributed by atoms with van der Waals surface area (Å²) >= 11 is 0. The number of hydrogen-bond acceptors (Lipinski definition) is 3. The van der Waals surface area contributed by atoms with Gasteiger partial charge in [-0.25, -0.2) is 9.18 Å². The summed E-state index contributed by atoms with van der Waals surface area (Å²) in [6.45, 7) is 0.770. The Kier molecular flexibility index (Phi) is 2.85. The summed E-state index contributed by atoms with van der Waals surface area (Å²) in [5.74, 6) is -0.512. The average molecular weight is 299 g/mol. The molecule has 0 spiro atoms. The van der Waals surface area contributed by atoms with Crippen LogP contribution in [0.5, 0.6) is 0 Å². The first-order valence-electron chi connectivity index (χ1n) is 7.31. The van der Waals surface area contributed by atoms with Crippen LogP contribution in [0.1, 0.15) is 18.4 Å². The van der Waals surface area contributed by atoms with E-state index in [4.69, 9.17) is 0 Å². The van der Waals surface area contributed by atoms with Crippen molar-refractivity contribution < 1.29 is 14.0 Å². The lowest BCUT2D eigenvalue weighted by Gasteiger charge is -2.16. The van der Waals surface area contributed by atoms with Crippen molar-refractivity contribution in [1.29, 1.82) is 0 Å². The molecule has 1 atom stereocenters. The fourth-order valence-corrected chi connectivity index (χ4v) is 3.32. The number of halogens is 1. The Labute approximate surface area is 126 Å². The minimum atomic E-state index is -0.355. The van der Waals surface area contributed by atoms with E-state index in [-0.39, 0.29) is 30.3 Å². The average Bonchev–Trinajstić information content (AvgIpc) is 3.10. The molecule has 0 saturated carbocycles. The molecule has 3 heterocycles. The van der Waals surface area contributed by atoms with Crippen molar-refractivity contribution in [3.05, 3.63) is 41.8 Å². The quantitative estimate of drug-likeness (QED) is 0.800. The Balaban J connectivity index is 1.71. The lowest BCUT2D eigenvalue weighted by molar-refractivity contribution is -0.128. The molecule has 2 aliphatic heterocycles. The van der Waals surface area contributed by atoms with Crippen LogP contribution in [0, 0.1) is 5.82 Å². The van der Waals surface area contributed by atoms with E-state index in [1.807, 2.05) is 0 Å². The molecule has 1 aromatic carbocycles. The van der Waals surface area contributed by atoms with E-state index in [9.17, 15) is 14.0 Å². The summed E-state index contributed by atoms with van der Waals surface area (Å²) in [6.07, 6.45) is 3.18. The fraction of sp³-hybridized carbons (Fsp3) is 0.312. The zero-order valence-corrected chi connectivity index (χ0v) is 11.8. The lowest BCUT2D eigenvalue weighted by atomic mass is 10.1. The number of carbonyl (C=O) groups excluding carboxylic acids is 2. The normalized spacial score (nSPS) is 21.0. The zero-order valence-electron chi connectivity index (χ0n) is 11.8. The van der Waals surface area contributed by atoms with E-state index in [0.29, 0.717) is 23.0 Å². The number of hydrogen-bond donors (Lipinski definition) is 0. The number of pyridine rings is 1. The van der Waals surface area contributed by atoms with Crippen molar-refractivity contribution in [2.24, 2.45) is 0 Å². The number of carbonyl (C=O) groups is 2. The second-order valence-corrected chi connectivity index (χ2v) is 5.66. The van der Waals surface area contributed by atoms with E-state index in [1.165, 1.54) is 11.0 Å². The van der Waals surface area contributed by atoms with Gasteiger partial charge in [0.25, 0.3) is 5.91 Å². The largest absolute Gasteiger partial charge is 0.327 e. The molecule has 2 aliphatic rings. The zero-order chi connectivity index (χ0) is 15.3. The van der Waals surface area contributed by atoms with E-state index in [0.717, 1.165) is 12.8 Å². The Hall–Kier alpha value is -2.50. The molecule has 1 aromatic heterocycles. The maximum absolute atomic E-state index is 13.8. The number of imide groups is 1. The van der Waals surface area contributed by atoms with Crippen LogP contribution in [0.25, 0.3) is 10.9 Å². The van der Waals surface area contributed by atoms with Gasteiger partial charge in [0.2, 0.25) is 0 Å². The van der Waals surface area contributed by atoms with Gasteiger partial charge < -0.3 is 4.90 Å². The number of nitrogens with zero attached hydrogens (tertiary/aromatic N) is 3. The van der Waals surface area contributed by atoms with Gasteiger partial charge in [-0.05, 0) is 36.6 Å². The maximum atomic E-state index is 13.8. The molecule has 5 nitrogen and oxygen atoms in total. The van der Waals surface area contributed by atoms with Crippen molar-refractivity contribution in [1.82, 2.24) is 14.8 Å². The fourth-order valence-electron chi connectivity index (χ4n) is 3.32. The van der Waals surface area contributed by atoms with Crippen LogP contribution in [0.15, 0.2) is 30.5 Å². The highest BCUT2D eigenvalue weighted by molar-refractivity contribution is 6.04. The Morgan fingerprint density at radius 2 is 2.14 bits per heavy atom. The number of rotatable bonds is 2. The first-order valence-corrected chi connectivity index (χ1v) is 7.31. The van der Waals surface area contributed by atoms with Crippen molar-refractivity contribution in [2.45, 2.75) is 25.4 Å². The molecule has 2 saturated heterocycles. The van der Waals surface area contributed by atoms with Crippen LogP contribution in [0.2, 0.25) is 0 Å². The van der Waals surface area contributed by atoms with Crippen LogP contribution in [-0.4, -0.2) is 39.3 Å². The van der Waals surface area contributed by atoms with Crippen molar-refractivity contribution in [3.8, 4) is 0 Å². The molecule has 0 bridgehead atoms. The first-order chi connectivity index (χ1) is 10.7. The summed E-state index contributed by atoms with van der Waals surface area (Å²) in [6, 6.07) is 5.69. The molecule has 112 valence electrons. The Morgan fingerprint density at radius 1 is 1.27 bits per heavy atom. The number of fused-ring (bicyclic) bond motifs is 2. The molecule has 4 rings (SSSR count). The second kappa shape index (κ2) is 4.76. The number of amides is 3. The summed E-state index contributed by atoms with van der Waals surface area (Å²) < 4.78 is 13.8. The van der Waals surface area contributed by atoms with Gasteiger partial charge in [0.1, 0.15) is 11.9 Å². The number of aromatic nitrogens is 1. The van der Waals surface area contributed by atoms with Crippen molar-refractivity contribution in [2.75, 3.05) is 6.54 Å². The smallest absolute Gasteiger partial charge is 0.312 e. The van der Waals surface area contributed by atoms with Gasteiger partial charge in [0.15, 0.2) is 0 Å². The number of benzene rings is 1. The Bertz CT molecular complexity index is 770. The summed E-state index contributed by atoms with van der Waals surface area (Å²) in [5.41, 5.74) is 1.18. The summed E-state index contributed by atoms with van der Waals surface area (Å²) in [7, 11) is 0. The number of urea groups is 1. The van der Waals surface area contributed by atoms with Gasteiger partial charge in [-0.2, -0.15) is 0 Å². The van der Waals surface area contributed by atoms with Crippen LogP contribution in [0.3, 0.4) is 0 Å². The van der Waals surface area contributed by atoms with Gasteiger partial charge in [0.05, 0.1) is 12.1 Å². The molecule has 0 aliphatic carbocycles. The minimum Gasteiger partial charge on any atom is -0.312 e. The van der Waals surface area contributed by atoms with Crippen molar-refractivity contribution in [3.63, 3.8) is 0 Å². The monoisotopic (exact) mass is 299 g/mol. The molecule has 1 unspecified atom stereocenters. The molecule has 2 fully saturated rings. The third-order valence-corrected chi connectivity index (χ3v) is 4.41. The standard InChI is InChI=1S/C16H14FN3O2/c17-12-6-5-10(14-11(12)3-1-7-18-14)9-20-15(21)13-4-2-8-19(13)16(20)22/h1,3,5-7,13H,2,4,8-9H2. The second-order valence-electron chi connectivity index (χ2n) is 5.66. The minimum absolute atomic E-state index is 0.137. The van der Waals surface area contributed by atoms with E-state index in [2.05, 4.69) is 4.98 Å². The van der Waals surface area contributed by atoms with E-state index < -0.39 is 0 Å². The summed E-state index contributed by atoms with van der Waals surface area (Å²) in [4.78, 5) is 31.8. The van der Waals surface area contributed by atoms with Gasteiger partial charge in [-0.3, -0.25) is 14.7 Å². The molecule has 0 radical (unpaired) electrons. The maximum Gasteiger partial charge on any atom is 0.327 e. The topological polar surface area (TPSA) is 53.5 Å². The molecule has 3 amide bonds. The summed E-state index contributed by atoms with van der Waals surface area (Å²) in [5, 5.41) is 0.402. The predicted molar refractivity (Wildman–Crippen MR) is 77.4 cm³/mol. The lowest BCUT2D eigenvalue weighted by Crippen LogP contribution is -2.32. The van der Waals surface area contributed by atoms with Crippen LogP contribution in [0.4, 0.5) is 9.18 Å². The van der Waals surface area contributed by atoms with Crippen LogP contribution < -0.4 is 0 Å². The van der Waals surface area contributed by atoms with Gasteiger partial charge in [0, 0.05) is 18.1 Å². The highest BCUT2D eigenvalue weighted by atomic mass is 19.1. The predicted octanol–water partition coefficient (Wildman–Crippen LogP) is 2.30. The molecular formula is C16H14FN3O2. The van der Waals surface area contributed by atoms with Gasteiger partial charge in [-0.1, -0.05) is 6.07 Å². The van der Waals surface area contributed by atoms with Crippen LogP contribution in [-0.2, 0) is 11.3 Å². The van der Waals surface area contributed by atoms with Crippen molar-refractivity contribution >= 4 is 22.8 Å².